The molecule has 20 heavy (non-hydrogen) atoms. The highest BCUT2D eigenvalue weighted by atomic mass is 15.1. The Hall–Kier alpha value is -1.32. The van der Waals surface area contributed by atoms with Crippen LogP contribution in [0.2, 0.25) is 0 Å². The van der Waals surface area contributed by atoms with Crippen molar-refractivity contribution in [3.8, 4) is 0 Å². The Labute approximate surface area is 123 Å². The third-order valence-electron chi connectivity index (χ3n) is 3.58. The van der Waals surface area contributed by atoms with Crippen molar-refractivity contribution in [2.45, 2.75) is 71.8 Å². The normalized spacial score (nSPS) is 12.5. The number of hydrogen-bond donors (Lipinski definition) is 2. The van der Waals surface area contributed by atoms with Crippen molar-refractivity contribution < 1.29 is 0 Å². The van der Waals surface area contributed by atoms with Crippen molar-refractivity contribution in [2.75, 3.05) is 17.7 Å². The van der Waals surface area contributed by atoms with Crippen LogP contribution in [-0.4, -0.2) is 23.1 Å². The minimum atomic E-state index is 0.398. The molecule has 1 aromatic heterocycles. The maximum absolute atomic E-state index is 4.48. The first-order chi connectivity index (χ1) is 9.63. The van der Waals surface area contributed by atoms with Gasteiger partial charge in [-0.2, -0.15) is 0 Å². The monoisotopic (exact) mass is 278 g/mol. The van der Waals surface area contributed by atoms with E-state index >= 15 is 0 Å². The number of nitrogens with one attached hydrogen (secondary N) is 2. The van der Waals surface area contributed by atoms with Crippen molar-refractivity contribution >= 4 is 11.6 Å². The second kappa shape index (κ2) is 8.77. The molecule has 1 atom stereocenters. The summed E-state index contributed by atoms with van der Waals surface area (Å²) < 4.78 is 0. The maximum Gasteiger partial charge on any atom is 0.135 e. The van der Waals surface area contributed by atoms with Gasteiger partial charge in [0.15, 0.2) is 0 Å². The van der Waals surface area contributed by atoms with Crippen LogP contribution in [0.3, 0.4) is 0 Å². The number of nitrogens with zero attached hydrogens (tertiary/aromatic N) is 2. The van der Waals surface area contributed by atoms with Crippen LogP contribution in [0.1, 0.15) is 71.3 Å². The molecule has 0 fully saturated rings. The lowest BCUT2D eigenvalue weighted by Gasteiger charge is -2.22. The molecule has 4 heteroatoms. The molecule has 2 N–H and O–H groups in total. The topological polar surface area (TPSA) is 49.8 Å². The molecule has 0 aliphatic carbocycles. The van der Waals surface area contributed by atoms with Crippen LogP contribution in [0.5, 0.6) is 0 Å². The first-order valence-electron chi connectivity index (χ1n) is 7.93. The summed E-state index contributed by atoms with van der Waals surface area (Å²) in [6.07, 6.45) is 7.74. The van der Waals surface area contributed by atoms with E-state index in [9.17, 15) is 0 Å². The average molecular weight is 278 g/mol. The molecule has 114 valence electrons. The van der Waals surface area contributed by atoms with Crippen molar-refractivity contribution in [2.24, 2.45) is 0 Å². The summed E-state index contributed by atoms with van der Waals surface area (Å²) in [6, 6.07) is 0.511. The van der Waals surface area contributed by atoms with E-state index < -0.39 is 0 Å². The Morgan fingerprint density at radius 1 is 1.05 bits per heavy atom. The standard InChI is InChI=1S/C16H30N4/c1-6-8-10-13(9-7-2)20-16-14(12(3)4)15(17-5)18-11-19-16/h11-13H,6-10H2,1-5H3,(H2,17,18,19,20). The Morgan fingerprint density at radius 2 is 1.75 bits per heavy atom. The third-order valence-corrected chi connectivity index (χ3v) is 3.58. The predicted octanol–water partition coefficient (Wildman–Crippen LogP) is 4.41. The van der Waals surface area contributed by atoms with E-state index in [2.05, 4.69) is 48.3 Å². The van der Waals surface area contributed by atoms with Gasteiger partial charge in [-0.3, -0.25) is 0 Å². The minimum absolute atomic E-state index is 0.398. The first kappa shape index (κ1) is 16.7. The molecule has 0 radical (unpaired) electrons. The van der Waals surface area contributed by atoms with Gasteiger partial charge in [-0.15, -0.1) is 0 Å². The molecule has 0 amide bonds. The zero-order valence-corrected chi connectivity index (χ0v) is 13.7. The van der Waals surface area contributed by atoms with Gasteiger partial charge in [-0.1, -0.05) is 47.0 Å². The van der Waals surface area contributed by atoms with E-state index in [-0.39, 0.29) is 0 Å². The maximum atomic E-state index is 4.48. The lowest BCUT2D eigenvalue weighted by atomic mass is 10.0. The van der Waals surface area contributed by atoms with Gasteiger partial charge in [0.25, 0.3) is 0 Å². The van der Waals surface area contributed by atoms with E-state index in [4.69, 9.17) is 0 Å². The van der Waals surface area contributed by atoms with Gasteiger partial charge in [-0.25, -0.2) is 9.97 Å². The molecular weight excluding hydrogens is 248 g/mol. The van der Waals surface area contributed by atoms with E-state index in [1.165, 1.54) is 37.7 Å². The van der Waals surface area contributed by atoms with Crippen LogP contribution in [0.4, 0.5) is 11.6 Å². The van der Waals surface area contributed by atoms with Gasteiger partial charge in [0.2, 0.25) is 0 Å². The number of aromatic nitrogens is 2. The van der Waals surface area contributed by atoms with Gasteiger partial charge in [-0.05, 0) is 18.8 Å². The van der Waals surface area contributed by atoms with E-state index in [1.807, 2.05) is 7.05 Å². The van der Waals surface area contributed by atoms with Crippen molar-refractivity contribution in [1.29, 1.82) is 0 Å². The fourth-order valence-corrected chi connectivity index (χ4v) is 2.54. The SMILES string of the molecule is CCCCC(CCC)Nc1ncnc(NC)c1C(C)C. The Kier molecular flexibility index (Phi) is 7.34. The summed E-state index contributed by atoms with van der Waals surface area (Å²) >= 11 is 0. The number of unbranched alkanes of at least 4 members (excludes halogenated alkanes) is 1. The highest BCUT2D eigenvalue weighted by Gasteiger charge is 2.16. The summed E-state index contributed by atoms with van der Waals surface area (Å²) in [4.78, 5) is 8.81. The zero-order valence-electron chi connectivity index (χ0n) is 13.7. The molecule has 0 aliphatic heterocycles. The summed E-state index contributed by atoms with van der Waals surface area (Å²) in [5.74, 6) is 2.33. The fraction of sp³-hybridized carbons (Fsp3) is 0.750. The van der Waals surface area contributed by atoms with Crippen LogP contribution >= 0.6 is 0 Å². The molecule has 0 spiro atoms. The van der Waals surface area contributed by atoms with Crippen molar-refractivity contribution in [3.63, 3.8) is 0 Å². The van der Waals surface area contributed by atoms with Gasteiger partial charge >= 0.3 is 0 Å². The number of rotatable bonds is 9. The molecule has 0 saturated heterocycles. The fourth-order valence-electron chi connectivity index (χ4n) is 2.54. The smallest absolute Gasteiger partial charge is 0.135 e. The van der Waals surface area contributed by atoms with E-state index in [1.54, 1.807) is 6.33 Å². The minimum Gasteiger partial charge on any atom is -0.373 e. The number of anilines is 2. The lowest BCUT2D eigenvalue weighted by Crippen LogP contribution is -2.22. The zero-order chi connectivity index (χ0) is 15.0. The van der Waals surface area contributed by atoms with Crippen LogP contribution in [0, 0.1) is 0 Å². The molecule has 1 rings (SSSR count). The van der Waals surface area contributed by atoms with Gasteiger partial charge in [0, 0.05) is 18.7 Å². The molecule has 0 saturated carbocycles. The quantitative estimate of drug-likeness (QED) is 0.702. The van der Waals surface area contributed by atoms with Gasteiger partial charge < -0.3 is 10.6 Å². The average Bonchev–Trinajstić information content (AvgIpc) is 2.44. The largest absolute Gasteiger partial charge is 0.373 e. The van der Waals surface area contributed by atoms with Crippen LogP contribution in [-0.2, 0) is 0 Å². The summed E-state index contributed by atoms with van der Waals surface area (Å²) in [6.45, 7) is 8.85. The molecule has 4 nitrogen and oxygen atoms in total. The Bertz CT molecular complexity index is 390. The summed E-state index contributed by atoms with van der Waals surface area (Å²) in [5.41, 5.74) is 1.19. The lowest BCUT2D eigenvalue weighted by molar-refractivity contribution is 0.561. The van der Waals surface area contributed by atoms with Gasteiger partial charge in [0.1, 0.15) is 18.0 Å². The van der Waals surface area contributed by atoms with E-state index in [0.717, 1.165) is 11.6 Å². The molecule has 1 heterocycles. The number of hydrogen-bond acceptors (Lipinski definition) is 4. The van der Waals surface area contributed by atoms with Crippen LogP contribution in [0.25, 0.3) is 0 Å². The van der Waals surface area contributed by atoms with Crippen LogP contribution < -0.4 is 10.6 Å². The second-order valence-electron chi connectivity index (χ2n) is 5.66. The summed E-state index contributed by atoms with van der Waals surface area (Å²) in [5, 5.41) is 6.82. The first-order valence-corrected chi connectivity index (χ1v) is 7.93. The predicted molar refractivity (Wildman–Crippen MR) is 87.5 cm³/mol. The molecule has 1 unspecified atom stereocenters. The highest BCUT2D eigenvalue weighted by molar-refractivity contribution is 5.59. The summed E-state index contributed by atoms with van der Waals surface area (Å²) in [7, 11) is 1.92. The van der Waals surface area contributed by atoms with Crippen LogP contribution in [0.15, 0.2) is 6.33 Å². The molecule has 0 bridgehead atoms. The Morgan fingerprint density at radius 3 is 2.30 bits per heavy atom. The van der Waals surface area contributed by atoms with E-state index in [0.29, 0.717) is 12.0 Å². The van der Waals surface area contributed by atoms with Crippen molar-refractivity contribution in [3.05, 3.63) is 11.9 Å². The third kappa shape index (κ3) is 4.66. The van der Waals surface area contributed by atoms with Crippen molar-refractivity contribution in [1.82, 2.24) is 9.97 Å². The Balaban J connectivity index is 2.93. The molecule has 1 aromatic rings. The molecule has 0 aromatic carbocycles. The molecule has 0 aliphatic rings. The second-order valence-corrected chi connectivity index (χ2v) is 5.66. The molecular formula is C16H30N4. The van der Waals surface area contributed by atoms with Gasteiger partial charge in [0.05, 0.1) is 0 Å². The highest BCUT2D eigenvalue weighted by Crippen LogP contribution is 2.29.